The third kappa shape index (κ3) is 4.10. The van der Waals surface area contributed by atoms with Gasteiger partial charge in [0.1, 0.15) is 6.33 Å². The molecule has 1 aliphatic rings. The van der Waals surface area contributed by atoms with Gasteiger partial charge in [0.05, 0.1) is 12.2 Å². The molecular weight excluding hydrogens is 290 g/mol. The normalized spacial score (nSPS) is 18.0. The zero-order chi connectivity index (χ0) is 16.1. The molecule has 1 N–H and O–H groups in total. The van der Waals surface area contributed by atoms with Crippen LogP contribution >= 0.6 is 0 Å². The molecule has 0 saturated carbocycles. The van der Waals surface area contributed by atoms with Crippen molar-refractivity contribution in [3.63, 3.8) is 0 Å². The van der Waals surface area contributed by atoms with Gasteiger partial charge in [-0.1, -0.05) is 0 Å². The molecule has 3 heterocycles. The molecule has 0 aromatic carbocycles. The van der Waals surface area contributed by atoms with Gasteiger partial charge in [0.15, 0.2) is 0 Å². The molecule has 2 aromatic heterocycles. The summed E-state index contributed by atoms with van der Waals surface area (Å²) in [6, 6.07) is 4.55. The van der Waals surface area contributed by atoms with Gasteiger partial charge >= 0.3 is 0 Å². The van der Waals surface area contributed by atoms with Crippen LogP contribution in [0.15, 0.2) is 37.1 Å². The monoisotopic (exact) mass is 311 g/mol. The second-order valence-corrected chi connectivity index (χ2v) is 5.87. The SMILES string of the molecule is CC(=O)NCc1cc(C2CCCN2Cc2cncnc2)ccn1. The van der Waals surface area contributed by atoms with Crippen molar-refractivity contribution in [3.05, 3.63) is 53.9 Å². The van der Waals surface area contributed by atoms with E-state index in [1.54, 1.807) is 6.33 Å². The summed E-state index contributed by atoms with van der Waals surface area (Å²) in [5.41, 5.74) is 3.29. The number of pyridine rings is 1. The fourth-order valence-electron chi connectivity index (χ4n) is 3.05. The molecule has 0 bridgehead atoms. The number of nitrogens with zero attached hydrogens (tertiary/aromatic N) is 4. The smallest absolute Gasteiger partial charge is 0.217 e. The van der Waals surface area contributed by atoms with Crippen molar-refractivity contribution >= 4 is 5.91 Å². The molecule has 6 nitrogen and oxygen atoms in total. The fourth-order valence-corrected chi connectivity index (χ4v) is 3.05. The first kappa shape index (κ1) is 15.6. The van der Waals surface area contributed by atoms with Crippen LogP contribution in [0.3, 0.4) is 0 Å². The molecule has 23 heavy (non-hydrogen) atoms. The molecule has 2 aromatic rings. The van der Waals surface area contributed by atoms with E-state index in [4.69, 9.17) is 0 Å². The number of nitrogens with one attached hydrogen (secondary N) is 1. The summed E-state index contributed by atoms with van der Waals surface area (Å²) in [5, 5.41) is 2.80. The lowest BCUT2D eigenvalue weighted by Crippen LogP contribution is -2.23. The molecule has 1 unspecified atom stereocenters. The van der Waals surface area contributed by atoms with Crippen LogP contribution < -0.4 is 5.32 Å². The molecule has 1 aliphatic heterocycles. The number of hydrogen-bond acceptors (Lipinski definition) is 5. The van der Waals surface area contributed by atoms with Crippen molar-refractivity contribution in [1.82, 2.24) is 25.2 Å². The second-order valence-electron chi connectivity index (χ2n) is 5.87. The Bertz CT molecular complexity index is 661. The fraction of sp³-hybridized carbons (Fsp3) is 0.412. The molecule has 0 spiro atoms. The van der Waals surface area contributed by atoms with Crippen molar-refractivity contribution in [2.45, 2.75) is 38.9 Å². The third-order valence-electron chi connectivity index (χ3n) is 4.11. The molecule has 0 radical (unpaired) electrons. The van der Waals surface area contributed by atoms with Gasteiger partial charge in [-0.2, -0.15) is 0 Å². The van der Waals surface area contributed by atoms with Crippen LogP contribution in [0.5, 0.6) is 0 Å². The van der Waals surface area contributed by atoms with Crippen LogP contribution in [-0.4, -0.2) is 32.3 Å². The van der Waals surface area contributed by atoms with Crippen molar-refractivity contribution in [2.24, 2.45) is 0 Å². The standard InChI is InChI=1S/C17H21N5O/c1-13(23)21-10-16-7-15(4-5-20-16)17-3-2-6-22(17)11-14-8-18-12-19-9-14/h4-5,7-9,12,17H,2-3,6,10-11H2,1H3,(H,21,23). The van der Waals surface area contributed by atoms with E-state index in [2.05, 4.69) is 37.3 Å². The maximum Gasteiger partial charge on any atom is 0.217 e. The second kappa shape index (κ2) is 7.28. The van der Waals surface area contributed by atoms with E-state index >= 15 is 0 Å². The zero-order valence-electron chi connectivity index (χ0n) is 13.3. The number of aromatic nitrogens is 3. The van der Waals surface area contributed by atoms with E-state index in [1.807, 2.05) is 18.6 Å². The number of amides is 1. The molecule has 120 valence electrons. The van der Waals surface area contributed by atoms with Gasteiger partial charge < -0.3 is 5.32 Å². The predicted molar refractivity (Wildman–Crippen MR) is 86.2 cm³/mol. The quantitative estimate of drug-likeness (QED) is 0.912. The van der Waals surface area contributed by atoms with Crippen LogP contribution in [-0.2, 0) is 17.9 Å². The summed E-state index contributed by atoms with van der Waals surface area (Å²) in [4.78, 5) is 26.0. The first-order valence-corrected chi connectivity index (χ1v) is 7.89. The van der Waals surface area contributed by atoms with Gasteiger partial charge in [0, 0.05) is 43.7 Å². The molecule has 1 amide bonds. The van der Waals surface area contributed by atoms with Gasteiger partial charge in [0.2, 0.25) is 5.91 Å². The van der Waals surface area contributed by atoms with E-state index in [9.17, 15) is 4.79 Å². The Morgan fingerprint density at radius 2 is 2.22 bits per heavy atom. The van der Waals surface area contributed by atoms with Crippen LogP contribution in [0.2, 0.25) is 0 Å². The highest BCUT2D eigenvalue weighted by Crippen LogP contribution is 2.33. The molecular formula is C17H21N5O. The molecule has 3 rings (SSSR count). The Morgan fingerprint density at radius 1 is 1.39 bits per heavy atom. The topological polar surface area (TPSA) is 71.0 Å². The lowest BCUT2D eigenvalue weighted by molar-refractivity contribution is -0.119. The van der Waals surface area contributed by atoms with Crippen molar-refractivity contribution < 1.29 is 4.79 Å². The molecule has 1 saturated heterocycles. The first-order chi connectivity index (χ1) is 11.2. The minimum absolute atomic E-state index is 0.0382. The predicted octanol–water partition coefficient (Wildman–Crippen LogP) is 1.84. The van der Waals surface area contributed by atoms with Gasteiger partial charge in [-0.25, -0.2) is 9.97 Å². The number of carbonyl (C=O) groups excluding carboxylic acids is 1. The Morgan fingerprint density at radius 3 is 3.00 bits per heavy atom. The van der Waals surface area contributed by atoms with Crippen LogP contribution in [0.25, 0.3) is 0 Å². The summed E-state index contributed by atoms with van der Waals surface area (Å²) in [5.74, 6) is -0.0382. The molecule has 0 aliphatic carbocycles. The Hall–Kier alpha value is -2.34. The van der Waals surface area contributed by atoms with Gasteiger partial charge in [-0.15, -0.1) is 0 Å². The van der Waals surface area contributed by atoms with Crippen molar-refractivity contribution in [2.75, 3.05) is 6.54 Å². The van der Waals surface area contributed by atoms with Crippen molar-refractivity contribution in [1.29, 1.82) is 0 Å². The van der Waals surface area contributed by atoms with Gasteiger partial charge in [0.25, 0.3) is 0 Å². The average Bonchev–Trinajstić information content (AvgIpc) is 3.02. The summed E-state index contributed by atoms with van der Waals surface area (Å²) < 4.78 is 0. The summed E-state index contributed by atoms with van der Waals surface area (Å²) >= 11 is 0. The Balaban J connectivity index is 1.72. The molecule has 6 heteroatoms. The largest absolute Gasteiger partial charge is 0.351 e. The highest BCUT2D eigenvalue weighted by molar-refractivity contribution is 5.72. The summed E-state index contributed by atoms with van der Waals surface area (Å²) in [7, 11) is 0. The summed E-state index contributed by atoms with van der Waals surface area (Å²) in [6.45, 7) is 3.92. The maximum absolute atomic E-state index is 11.1. The van der Waals surface area contributed by atoms with E-state index in [0.717, 1.165) is 30.8 Å². The summed E-state index contributed by atoms with van der Waals surface area (Å²) in [6.07, 6.45) is 9.45. The van der Waals surface area contributed by atoms with E-state index in [0.29, 0.717) is 12.6 Å². The first-order valence-electron chi connectivity index (χ1n) is 7.89. The van der Waals surface area contributed by atoms with Crippen LogP contribution in [0, 0.1) is 0 Å². The van der Waals surface area contributed by atoms with Crippen molar-refractivity contribution in [3.8, 4) is 0 Å². The molecule has 1 fully saturated rings. The van der Waals surface area contributed by atoms with Gasteiger partial charge in [-0.3, -0.25) is 14.7 Å². The van der Waals surface area contributed by atoms with Crippen LogP contribution in [0.1, 0.15) is 42.6 Å². The number of rotatable bonds is 5. The highest BCUT2D eigenvalue weighted by atomic mass is 16.1. The number of hydrogen-bond donors (Lipinski definition) is 1. The zero-order valence-corrected chi connectivity index (χ0v) is 13.3. The Kier molecular flexibility index (Phi) is 4.92. The Labute approximate surface area is 136 Å². The minimum Gasteiger partial charge on any atom is -0.351 e. The third-order valence-corrected chi connectivity index (χ3v) is 4.11. The van der Waals surface area contributed by atoms with E-state index < -0.39 is 0 Å². The number of carbonyl (C=O) groups is 1. The van der Waals surface area contributed by atoms with E-state index in [-0.39, 0.29) is 5.91 Å². The molecule has 1 atom stereocenters. The minimum atomic E-state index is -0.0382. The van der Waals surface area contributed by atoms with Gasteiger partial charge in [-0.05, 0) is 37.1 Å². The van der Waals surface area contributed by atoms with E-state index in [1.165, 1.54) is 18.9 Å². The maximum atomic E-state index is 11.1. The highest BCUT2D eigenvalue weighted by Gasteiger charge is 2.26. The van der Waals surface area contributed by atoms with Crippen LogP contribution in [0.4, 0.5) is 0 Å². The number of likely N-dealkylation sites (tertiary alicyclic amines) is 1. The lowest BCUT2D eigenvalue weighted by atomic mass is 10.0. The average molecular weight is 311 g/mol. The lowest BCUT2D eigenvalue weighted by Gasteiger charge is -2.25.